The van der Waals surface area contributed by atoms with Crippen molar-refractivity contribution in [1.82, 2.24) is 9.97 Å². The first-order valence-corrected chi connectivity index (χ1v) is 9.57. The molecule has 0 unspecified atom stereocenters. The number of nitrogens with one attached hydrogen (secondary N) is 1. The molecule has 0 saturated heterocycles. The van der Waals surface area contributed by atoms with Gasteiger partial charge in [-0.25, -0.2) is 4.98 Å². The lowest BCUT2D eigenvalue weighted by atomic mass is 10.1. The molecule has 4 aromatic rings. The van der Waals surface area contributed by atoms with Crippen LogP contribution in [0.25, 0.3) is 0 Å². The minimum Gasteiger partial charge on any atom is -0.457 e. The molecule has 146 valence electrons. The Morgan fingerprint density at radius 1 is 0.833 bits per heavy atom. The van der Waals surface area contributed by atoms with E-state index in [9.17, 15) is 4.79 Å². The van der Waals surface area contributed by atoms with E-state index in [1.807, 2.05) is 60.7 Å². The van der Waals surface area contributed by atoms with E-state index in [1.165, 1.54) is 0 Å². The topological polar surface area (TPSA) is 67.4 Å². The lowest BCUT2D eigenvalue weighted by Crippen LogP contribution is -2.23. The van der Waals surface area contributed by atoms with Crippen molar-refractivity contribution >= 4 is 23.1 Å². The van der Waals surface area contributed by atoms with Crippen LogP contribution in [0, 0.1) is 0 Å². The maximum absolute atomic E-state index is 13.1. The largest absolute Gasteiger partial charge is 0.457 e. The maximum atomic E-state index is 13.1. The summed E-state index contributed by atoms with van der Waals surface area (Å²) < 4.78 is 5.88. The van der Waals surface area contributed by atoms with Crippen LogP contribution < -0.4 is 15.0 Å². The molecular formula is C24H18N4O2. The van der Waals surface area contributed by atoms with E-state index >= 15 is 0 Å². The molecule has 0 aliphatic carbocycles. The smallest absolute Gasteiger partial charge is 0.260 e. The number of hydrogen-bond donors (Lipinski definition) is 1. The fourth-order valence-electron chi connectivity index (χ4n) is 3.40. The van der Waals surface area contributed by atoms with Crippen molar-refractivity contribution in [3.05, 3.63) is 103 Å². The summed E-state index contributed by atoms with van der Waals surface area (Å²) in [6.45, 7) is 0.478. The lowest BCUT2D eigenvalue weighted by molar-refractivity contribution is 0.0996. The summed E-state index contributed by atoms with van der Waals surface area (Å²) in [6.07, 6.45) is 5.10. The van der Waals surface area contributed by atoms with Gasteiger partial charge in [-0.3, -0.25) is 14.7 Å². The molecule has 6 heteroatoms. The summed E-state index contributed by atoms with van der Waals surface area (Å²) in [5.41, 5.74) is 3.41. The number of hydrogen-bond acceptors (Lipinski definition) is 5. The Hall–Kier alpha value is -4.19. The number of aromatic nitrogens is 2. The SMILES string of the molecule is O=C1c2cc(Nc3ccncc3)ccc2CN1c1cc(Oc2ccccc2)ccn1. The summed E-state index contributed by atoms with van der Waals surface area (Å²) >= 11 is 0. The first-order valence-electron chi connectivity index (χ1n) is 9.57. The number of carbonyl (C=O) groups excluding carboxylic acids is 1. The summed E-state index contributed by atoms with van der Waals surface area (Å²) in [6, 6.07) is 22.7. The molecule has 30 heavy (non-hydrogen) atoms. The average Bonchev–Trinajstić information content (AvgIpc) is 3.11. The number of anilines is 3. The zero-order valence-corrected chi connectivity index (χ0v) is 16.0. The molecule has 0 bridgehead atoms. The van der Waals surface area contributed by atoms with Crippen molar-refractivity contribution in [3.8, 4) is 11.5 Å². The van der Waals surface area contributed by atoms with Crippen molar-refractivity contribution in [3.63, 3.8) is 0 Å². The van der Waals surface area contributed by atoms with E-state index < -0.39 is 0 Å². The van der Waals surface area contributed by atoms with Crippen LogP contribution in [0.3, 0.4) is 0 Å². The van der Waals surface area contributed by atoms with E-state index in [1.54, 1.807) is 35.6 Å². The van der Waals surface area contributed by atoms with Crippen LogP contribution in [0.5, 0.6) is 11.5 Å². The molecule has 0 saturated carbocycles. The summed E-state index contributed by atoms with van der Waals surface area (Å²) in [4.78, 5) is 23.1. The second-order valence-corrected chi connectivity index (χ2v) is 6.89. The molecule has 2 aromatic heterocycles. The van der Waals surface area contributed by atoms with Gasteiger partial charge in [-0.15, -0.1) is 0 Å². The van der Waals surface area contributed by atoms with E-state index in [-0.39, 0.29) is 5.91 Å². The van der Waals surface area contributed by atoms with Crippen LogP contribution in [0.1, 0.15) is 15.9 Å². The van der Waals surface area contributed by atoms with Crippen molar-refractivity contribution in [1.29, 1.82) is 0 Å². The maximum Gasteiger partial charge on any atom is 0.260 e. The van der Waals surface area contributed by atoms with Crippen LogP contribution in [0.2, 0.25) is 0 Å². The van der Waals surface area contributed by atoms with Crippen LogP contribution in [-0.2, 0) is 6.54 Å². The average molecular weight is 394 g/mol. The molecule has 3 heterocycles. The van der Waals surface area contributed by atoms with Gasteiger partial charge in [0.05, 0.1) is 6.54 Å². The predicted octanol–water partition coefficient (Wildman–Crippen LogP) is 5.17. The van der Waals surface area contributed by atoms with Crippen LogP contribution >= 0.6 is 0 Å². The fraction of sp³-hybridized carbons (Fsp3) is 0.0417. The van der Waals surface area contributed by atoms with Crippen molar-refractivity contribution in [2.75, 3.05) is 10.2 Å². The zero-order chi connectivity index (χ0) is 20.3. The highest BCUT2D eigenvalue weighted by molar-refractivity contribution is 6.10. The number of pyridine rings is 2. The second-order valence-electron chi connectivity index (χ2n) is 6.89. The number of carbonyl (C=O) groups is 1. The Bertz CT molecular complexity index is 1200. The monoisotopic (exact) mass is 394 g/mol. The van der Waals surface area contributed by atoms with Crippen molar-refractivity contribution in [2.24, 2.45) is 0 Å². The number of amides is 1. The van der Waals surface area contributed by atoms with Gasteiger partial charge >= 0.3 is 0 Å². The quantitative estimate of drug-likeness (QED) is 0.506. The molecule has 1 amide bonds. The predicted molar refractivity (Wildman–Crippen MR) is 115 cm³/mol. The molecule has 0 atom stereocenters. The molecule has 0 fully saturated rings. The minimum atomic E-state index is -0.0762. The highest BCUT2D eigenvalue weighted by Crippen LogP contribution is 2.32. The number of ether oxygens (including phenoxy) is 1. The fourth-order valence-corrected chi connectivity index (χ4v) is 3.40. The Kier molecular flexibility index (Phi) is 4.57. The molecule has 2 aromatic carbocycles. The lowest BCUT2D eigenvalue weighted by Gasteiger charge is -2.15. The van der Waals surface area contributed by atoms with Gasteiger partial charge in [0.1, 0.15) is 17.3 Å². The van der Waals surface area contributed by atoms with Gasteiger partial charge < -0.3 is 10.1 Å². The van der Waals surface area contributed by atoms with Crippen LogP contribution in [0.4, 0.5) is 17.2 Å². The highest BCUT2D eigenvalue weighted by Gasteiger charge is 2.29. The molecular weight excluding hydrogens is 376 g/mol. The second kappa shape index (κ2) is 7.67. The van der Waals surface area contributed by atoms with E-state index in [4.69, 9.17) is 4.74 Å². The number of para-hydroxylation sites is 1. The standard InChI is InChI=1S/C24H18N4O2/c29-24-22-14-19(27-18-8-11-25-12-9-18)7-6-17(22)16-28(24)23-15-21(10-13-26-23)30-20-4-2-1-3-5-20/h1-15H,16H2,(H,25,27). The molecule has 5 rings (SSSR count). The Morgan fingerprint density at radius 2 is 1.67 bits per heavy atom. The van der Waals surface area contributed by atoms with Crippen molar-refractivity contribution < 1.29 is 9.53 Å². The third-order valence-electron chi connectivity index (χ3n) is 4.86. The van der Waals surface area contributed by atoms with Gasteiger partial charge in [0.2, 0.25) is 0 Å². The van der Waals surface area contributed by atoms with Crippen LogP contribution in [0.15, 0.2) is 91.4 Å². The van der Waals surface area contributed by atoms with E-state index in [2.05, 4.69) is 15.3 Å². The Labute approximate surface area is 173 Å². The zero-order valence-electron chi connectivity index (χ0n) is 16.0. The molecule has 1 N–H and O–H groups in total. The van der Waals surface area contributed by atoms with Crippen molar-refractivity contribution in [2.45, 2.75) is 6.54 Å². The normalized spacial score (nSPS) is 12.5. The Morgan fingerprint density at radius 3 is 2.50 bits per heavy atom. The number of nitrogens with zero attached hydrogens (tertiary/aromatic N) is 3. The minimum absolute atomic E-state index is 0.0762. The summed E-state index contributed by atoms with van der Waals surface area (Å²) in [5.74, 6) is 1.86. The third kappa shape index (κ3) is 3.58. The van der Waals surface area contributed by atoms with Gasteiger partial charge in [-0.1, -0.05) is 24.3 Å². The molecule has 6 nitrogen and oxygen atoms in total. The Balaban J connectivity index is 1.37. The van der Waals surface area contributed by atoms with E-state index in [0.717, 1.165) is 22.7 Å². The number of rotatable bonds is 5. The van der Waals surface area contributed by atoms with Gasteiger partial charge in [0.25, 0.3) is 5.91 Å². The van der Waals surface area contributed by atoms with Gasteiger partial charge in [-0.2, -0.15) is 0 Å². The summed E-state index contributed by atoms with van der Waals surface area (Å²) in [7, 11) is 0. The summed E-state index contributed by atoms with van der Waals surface area (Å²) in [5, 5.41) is 3.30. The molecule has 0 spiro atoms. The van der Waals surface area contributed by atoms with Gasteiger partial charge in [-0.05, 0) is 48.0 Å². The number of fused-ring (bicyclic) bond motifs is 1. The number of benzene rings is 2. The molecule has 1 aliphatic heterocycles. The van der Waals surface area contributed by atoms with E-state index in [0.29, 0.717) is 23.7 Å². The van der Waals surface area contributed by atoms with Crippen LogP contribution in [-0.4, -0.2) is 15.9 Å². The molecule has 0 radical (unpaired) electrons. The highest BCUT2D eigenvalue weighted by atomic mass is 16.5. The first kappa shape index (κ1) is 17.9. The third-order valence-corrected chi connectivity index (χ3v) is 4.86. The van der Waals surface area contributed by atoms with Gasteiger partial charge in [0.15, 0.2) is 0 Å². The molecule has 1 aliphatic rings. The first-order chi connectivity index (χ1) is 14.8. The van der Waals surface area contributed by atoms with Gasteiger partial charge in [0, 0.05) is 41.6 Å².